The van der Waals surface area contributed by atoms with E-state index in [1.54, 1.807) is 12.1 Å². The number of benzene rings is 1. The van der Waals surface area contributed by atoms with Crippen molar-refractivity contribution in [2.45, 2.75) is 12.7 Å². The number of nitrogens with one attached hydrogen (secondary N) is 2. The first-order valence-electron chi connectivity index (χ1n) is 8.88. The molecule has 0 atom stereocenters. The number of aromatic hydroxyl groups is 1. The summed E-state index contributed by atoms with van der Waals surface area (Å²) in [5.41, 5.74) is -2.38. The quantitative estimate of drug-likeness (QED) is 0.304. The SMILES string of the molecule is O=c1[nH]c(=O)n(CCNc2ncc(C(F)(F)F)cc2Cl)c(O)c1C=Nc1ccc(I)cc1. The van der Waals surface area contributed by atoms with E-state index >= 15 is 0 Å². The summed E-state index contributed by atoms with van der Waals surface area (Å²) in [5, 5.41) is 12.8. The van der Waals surface area contributed by atoms with Crippen molar-refractivity contribution in [3.63, 3.8) is 0 Å². The molecule has 0 bridgehead atoms. The van der Waals surface area contributed by atoms with E-state index in [-0.39, 0.29) is 29.5 Å². The van der Waals surface area contributed by atoms with E-state index in [1.165, 1.54) is 0 Å². The number of aromatic nitrogens is 3. The Morgan fingerprint density at radius 2 is 1.97 bits per heavy atom. The van der Waals surface area contributed by atoms with Gasteiger partial charge < -0.3 is 10.4 Å². The molecule has 0 saturated heterocycles. The lowest BCUT2D eigenvalue weighted by molar-refractivity contribution is -0.137. The number of rotatable bonds is 6. The molecule has 0 amide bonds. The summed E-state index contributed by atoms with van der Waals surface area (Å²) in [6.07, 6.45) is -2.83. The molecule has 2 aromatic heterocycles. The molecule has 168 valence electrons. The van der Waals surface area contributed by atoms with Gasteiger partial charge in [-0.2, -0.15) is 13.2 Å². The summed E-state index contributed by atoms with van der Waals surface area (Å²) in [7, 11) is 0. The van der Waals surface area contributed by atoms with Crippen LogP contribution in [0, 0.1) is 3.57 Å². The maximum absolute atomic E-state index is 12.7. The summed E-state index contributed by atoms with van der Waals surface area (Å²) in [5.74, 6) is -0.640. The van der Waals surface area contributed by atoms with Crippen molar-refractivity contribution in [2.75, 3.05) is 11.9 Å². The van der Waals surface area contributed by atoms with Crippen LogP contribution in [0.3, 0.4) is 0 Å². The lowest BCUT2D eigenvalue weighted by Crippen LogP contribution is -2.33. The normalized spacial score (nSPS) is 11.8. The van der Waals surface area contributed by atoms with Gasteiger partial charge in [0.2, 0.25) is 5.88 Å². The molecule has 0 aliphatic carbocycles. The molecule has 13 heteroatoms. The maximum atomic E-state index is 12.7. The number of hydrogen-bond donors (Lipinski definition) is 3. The molecule has 2 heterocycles. The Bertz CT molecular complexity index is 1270. The monoisotopic (exact) mass is 579 g/mol. The highest BCUT2D eigenvalue weighted by molar-refractivity contribution is 14.1. The van der Waals surface area contributed by atoms with Gasteiger partial charge in [-0.3, -0.25) is 19.3 Å². The van der Waals surface area contributed by atoms with Crippen molar-refractivity contribution < 1.29 is 18.3 Å². The number of anilines is 1. The van der Waals surface area contributed by atoms with Gasteiger partial charge in [0, 0.05) is 29.1 Å². The van der Waals surface area contributed by atoms with E-state index in [0.717, 1.165) is 20.4 Å². The largest absolute Gasteiger partial charge is 0.494 e. The Kier molecular flexibility index (Phi) is 7.23. The third-order valence-electron chi connectivity index (χ3n) is 4.17. The third kappa shape index (κ3) is 5.68. The minimum absolute atomic E-state index is 0.0304. The van der Waals surface area contributed by atoms with E-state index < -0.39 is 28.9 Å². The highest BCUT2D eigenvalue weighted by Gasteiger charge is 2.31. The van der Waals surface area contributed by atoms with Crippen molar-refractivity contribution in [1.29, 1.82) is 0 Å². The summed E-state index contributed by atoms with van der Waals surface area (Å²) in [6.45, 7) is -0.184. The molecular weight excluding hydrogens is 566 g/mol. The van der Waals surface area contributed by atoms with Gasteiger partial charge in [-0.25, -0.2) is 9.78 Å². The number of pyridine rings is 1. The zero-order valence-corrected chi connectivity index (χ0v) is 18.9. The van der Waals surface area contributed by atoms with Crippen LogP contribution < -0.4 is 16.6 Å². The Hall–Kier alpha value is -2.87. The standard InChI is InChI=1S/C19H14ClF3IN5O3/c20-14-7-10(19(21,22)23)8-27-15(14)25-5-6-29-17(31)13(16(30)28-18(29)32)9-26-12-3-1-11(24)2-4-12/h1-4,7-9,31H,5-6H2,(H,25,27)(H,28,30,32). The van der Waals surface area contributed by atoms with Gasteiger partial charge >= 0.3 is 11.9 Å². The van der Waals surface area contributed by atoms with Crippen LogP contribution in [-0.2, 0) is 12.7 Å². The highest BCUT2D eigenvalue weighted by atomic mass is 127. The molecule has 0 saturated carbocycles. The lowest BCUT2D eigenvalue weighted by atomic mass is 10.3. The summed E-state index contributed by atoms with van der Waals surface area (Å²) < 4.78 is 40.0. The Balaban J connectivity index is 1.77. The summed E-state index contributed by atoms with van der Waals surface area (Å²) in [6, 6.07) is 7.77. The molecule has 8 nitrogen and oxygen atoms in total. The number of alkyl halides is 3. The topological polar surface area (TPSA) is 112 Å². The fourth-order valence-corrected chi connectivity index (χ4v) is 3.17. The first-order valence-corrected chi connectivity index (χ1v) is 10.3. The first-order chi connectivity index (χ1) is 15.1. The van der Waals surface area contributed by atoms with Crippen LogP contribution in [0.4, 0.5) is 24.7 Å². The van der Waals surface area contributed by atoms with Gasteiger partial charge in [-0.05, 0) is 52.9 Å². The molecule has 0 radical (unpaired) electrons. The summed E-state index contributed by atoms with van der Waals surface area (Å²) in [4.78, 5) is 34.0. The van der Waals surface area contributed by atoms with Crippen LogP contribution in [0.25, 0.3) is 0 Å². The zero-order chi connectivity index (χ0) is 23.5. The van der Waals surface area contributed by atoms with Gasteiger partial charge in [0.1, 0.15) is 11.4 Å². The fraction of sp³-hybridized carbons (Fsp3) is 0.158. The molecule has 1 aromatic carbocycles. The number of hydrogen-bond acceptors (Lipinski definition) is 6. The van der Waals surface area contributed by atoms with Crippen molar-refractivity contribution in [2.24, 2.45) is 4.99 Å². The van der Waals surface area contributed by atoms with E-state index in [4.69, 9.17) is 11.6 Å². The number of aromatic amines is 1. The van der Waals surface area contributed by atoms with Gasteiger partial charge in [0.15, 0.2) is 0 Å². The molecule has 0 aliphatic heterocycles. The van der Waals surface area contributed by atoms with Crippen molar-refractivity contribution in [1.82, 2.24) is 14.5 Å². The molecule has 0 fully saturated rings. The molecule has 3 rings (SSSR count). The van der Waals surface area contributed by atoms with E-state index in [9.17, 15) is 27.9 Å². The lowest BCUT2D eigenvalue weighted by Gasteiger charge is -2.12. The zero-order valence-electron chi connectivity index (χ0n) is 16.0. The Labute approximate surface area is 196 Å². The van der Waals surface area contributed by atoms with Gasteiger partial charge in [0.25, 0.3) is 5.56 Å². The van der Waals surface area contributed by atoms with Crippen molar-refractivity contribution in [3.8, 4) is 5.88 Å². The molecule has 3 N–H and O–H groups in total. The van der Waals surface area contributed by atoms with E-state index in [0.29, 0.717) is 11.9 Å². The van der Waals surface area contributed by atoms with Gasteiger partial charge in [-0.1, -0.05) is 11.6 Å². The molecule has 0 aliphatic rings. The van der Waals surface area contributed by atoms with Crippen LogP contribution in [0.1, 0.15) is 11.1 Å². The maximum Gasteiger partial charge on any atom is 0.417 e. The van der Waals surface area contributed by atoms with Gasteiger partial charge in [0.05, 0.1) is 16.3 Å². The predicted molar refractivity (Wildman–Crippen MR) is 122 cm³/mol. The van der Waals surface area contributed by atoms with Crippen molar-refractivity contribution in [3.05, 3.63) is 77.1 Å². The molecule has 0 unspecified atom stereocenters. The van der Waals surface area contributed by atoms with Crippen LogP contribution in [0.2, 0.25) is 5.02 Å². The Morgan fingerprint density at radius 3 is 2.59 bits per heavy atom. The van der Waals surface area contributed by atoms with Crippen molar-refractivity contribution >= 4 is 51.9 Å². The minimum atomic E-state index is -4.58. The van der Waals surface area contributed by atoms with Gasteiger partial charge in [-0.15, -0.1) is 0 Å². The van der Waals surface area contributed by atoms with Crippen LogP contribution in [-0.4, -0.2) is 32.4 Å². The average Bonchev–Trinajstić information content (AvgIpc) is 2.71. The van der Waals surface area contributed by atoms with Crippen LogP contribution in [0.15, 0.2) is 51.1 Å². The number of halogens is 5. The predicted octanol–water partition coefficient (Wildman–Crippen LogP) is 3.78. The van der Waals surface area contributed by atoms with Crippen LogP contribution in [0.5, 0.6) is 5.88 Å². The van der Waals surface area contributed by atoms with E-state index in [2.05, 4.69) is 42.9 Å². The number of aliphatic imine (C=N–C) groups is 1. The highest BCUT2D eigenvalue weighted by Crippen LogP contribution is 2.32. The Morgan fingerprint density at radius 1 is 1.28 bits per heavy atom. The molecule has 32 heavy (non-hydrogen) atoms. The average molecular weight is 580 g/mol. The molecule has 3 aromatic rings. The second-order valence-corrected chi connectivity index (χ2v) is 8.01. The van der Waals surface area contributed by atoms with Crippen LogP contribution >= 0.6 is 34.2 Å². The number of H-pyrrole nitrogens is 1. The van der Waals surface area contributed by atoms with E-state index in [1.807, 2.05) is 12.1 Å². The number of nitrogens with zero attached hydrogens (tertiary/aromatic N) is 3. The smallest absolute Gasteiger partial charge is 0.417 e. The first kappa shape index (κ1) is 23.8. The minimum Gasteiger partial charge on any atom is -0.494 e. The molecular formula is C19H14ClF3IN5O3. The second kappa shape index (κ2) is 9.73. The second-order valence-electron chi connectivity index (χ2n) is 6.36. The molecule has 0 spiro atoms. The fourth-order valence-electron chi connectivity index (χ4n) is 2.57. The third-order valence-corrected chi connectivity index (χ3v) is 5.18. The summed E-state index contributed by atoms with van der Waals surface area (Å²) >= 11 is 7.95.